The lowest BCUT2D eigenvalue weighted by molar-refractivity contribution is -0.137. The Hall–Kier alpha value is -3.52. The molecule has 0 saturated carbocycles. The molecule has 4 rings (SSSR count). The van der Waals surface area contributed by atoms with E-state index in [4.69, 9.17) is 14.2 Å². The van der Waals surface area contributed by atoms with E-state index in [0.29, 0.717) is 28.3 Å². The molecule has 0 saturated heterocycles. The summed E-state index contributed by atoms with van der Waals surface area (Å²) in [7, 11) is 2.78. The van der Waals surface area contributed by atoms with Crippen molar-refractivity contribution in [3.63, 3.8) is 0 Å². The van der Waals surface area contributed by atoms with Gasteiger partial charge >= 0.3 is 6.18 Å². The maximum absolute atomic E-state index is 14.3. The summed E-state index contributed by atoms with van der Waals surface area (Å²) in [5, 5.41) is 9.28. The number of fused-ring (bicyclic) bond motifs is 1. The van der Waals surface area contributed by atoms with Gasteiger partial charge in [0, 0.05) is 52.5 Å². The van der Waals surface area contributed by atoms with Gasteiger partial charge in [0.2, 0.25) is 0 Å². The Labute approximate surface area is 241 Å². The molecule has 0 amide bonds. The zero-order valence-corrected chi connectivity index (χ0v) is 23.8. The monoisotopic (exact) mass is 672 g/mol. The lowest BCUT2D eigenvalue weighted by atomic mass is 9.94. The summed E-state index contributed by atoms with van der Waals surface area (Å²) in [4.78, 5) is 17.2. The first-order valence-corrected chi connectivity index (χ1v) is 12.9. The van der Waals surface area contributed by atoms with E-state index < -0.39 is 29.4 Å². The fourth-order valence-electron chi connectivity index (χ4n) is 4.40. The van der Waals surface area contributed by atoms with E-state index in [1.807, 2.05) is 22.9 Å². The molecule has 40 heavy (non-hydrogen) atoms. The Morgan fingerprint density at radius 2 is 1.80 bits per heavy atom. The number of carbonyl (C=O) groups is 1. The topological polar surface area (TPSA) is 84.0 Å². The van der Waals surface area contributed by atoms with Crippen molar-refractivity contribution >= 4 is 45.2 Å². The highest BCUT2D eigenvalue weighted by molar-refractivity contribution is 14.1. The van der Waals surface area contributed by atoms with Crippen LogP contribution in [0.1, 0.15) is 33.1 Å². The molecule has 2 N–H and O–H groups in total. The number of nitrogens with one attached hydrogen (secondary N) is 1. The molecule has 0 aliphatic rings. The van der Waals surface area contributed by atoms with Crippen LogP contribution >= 0.6 is 22.9 Å². The van der Waals surface area contributed by atoms with Crippen molar-refractivity contribution in [1.82, 2.24) is 4.98 Å². The summed E-state index contributed by atoms with van der Waals surface area (Å²) in [6.45, 7) is 1.31. The molecule has 1 heterocycles. The molecular weight excluding hydrogens is 647 g/mol. The van der Waals surface area contributed by atoms with Crippen molar-refractivity contribution in [2.75, 3.05) is 30.5 Å². The molecule has 4 aromatic rings. The Bertz CT molecular complexity index is 1540. The highest BCUT2D eigenvalue weighted by Gasteiger charge is 2.35. The zero-order valence-electron chi connectivity index (χ0n) is 21.6. The van der Waals surface area contributed by atoms with Crippen LogP contribution in [0.3, 0.4) is 0 Å². The lowest BCUT2D eigenvalue weighted by Crippen LogP contribution is -2.27. The van der Waals surface area contributed by atoms with Gasteiger partial charge in [-0.15, -0.1) is 0 Å². The predicted molar refractivity (Wildman–Crippen MR) is 150 cm³/mol. The van der Waals surface area contributed by atoms with Crippen LogP contribution < -0.4 is 17.3 Å². The van der Waals surface area contributed by atoms with E-state index in [2.05, 4.69) is 4.98 Å². The molecule has 0 radical (unpaired) electrons. The average Bonchev–Trinajstić information content (AvgIpc) is 3.36. The molecule has 7 nitrogen and oxygen atoms in total. The second-order valence-corrected chi connectivity index (χ2v) is 9.86. The first-order chi connectivity index (χ1) is 19.0. The van der Waals surface area contributed by atoms with Crippen LogP contribution in [0.4, 0.5) is 23.2 Å². The number of aryl methyl sites for hydroxylation is 1. The van der Waals surface area contributed by atoms with Crippen LogP contribution in [0.2, 0.25) is 0 Å². The van der Waals surface area contributed by atoms with Gasteiger partial charge < -0.3 is 24.3 Å². The van der Waals surface area contributed by atoms with E-state index in [1.165, 1.54) is 39.5 Å². The number of hydrogen-bond acceptors (Lipinski definition) is 6. The van der Waals surface area contributed by atoms with Crippen LogP contribution in [0.5, 0.6) is 17.2 Å². The maximum atomic E-state index is 14.3. The predicted octanol–water partition coefficient (Wildman–Crippen LogP) is 6.80. The molecule has 0 aliphatic carbocycles. The minimum Gasteiger partial charge on any atom is -0.497 e. The van der Waals surface area contributed by atoms with Crippen molar-refractivity contribution < 1.29 is 41.7 Å². The Morgan fingerprint density at radius 3 is 2.45 bits per heavy atom. The summed E-state index contributed by atoms with van der Waals surface area (Å²) in [5.41, 5.74) is 0.562. The fraction of sp³-hybridized carbons (Fsp3) is 0.250. The number of ketones is 1. The SMILES string of the molecule is COc1cc(OCCO)cc(N(I)C(C(=O)c2c[nH]c3c(C)cc(C(F)(F)F)cc23)c2ccc(F)cc2OC)c1. The summed E-state index contributed by atoms with van der Waals surface area (Å²) in [6, 6.07) is 9.32. The second-order valence-electron chi connectivity index (χ2n) is 8.82. The fourth-order valence-corrected chi connectivity index (χ4v) is 5.23. The van der Waals surface area contributed by atoms with Gasteiger partial charge in [-0.25, -0.2) is 4.39 Å². The lowest BCUT2D eigenvalue weighted by Gasteiger charge is -2.29. The van der Waals surface area contributed by atoms with E-state index in [1.54, 1.807) is 21.3 Å². The highest BCUT2D eigenvalue weighted by atomic mass is 127. The van der Waals surface area contributed by atoms with Gasteiger partial charge in [0.05, 0.1) is 54.9 Å². The Balaban J connectivity index is 1.91. The minimum absolute atomic E-state index is 0.0121. The maximum Gasteiger partial charge on any atom is 0.416 e. The number of alkyl halides is 3. The number of Topliss-reactive ketones (excluding diaryl/α,β-unsaturated/α-hetero) is 1. The smallest absolute Gasteiger partial charge is 0.416 e. The van der Waals surface area contributed by atoms with Crippen LogP contribution in [0.15, 0.2) is 54.7 Å². The number of anilines is 1. The third kappa shape index (κ3) is 5.97. The van der Waals surface area contributed by atoms with Crippen LogP contribution in [0, 0.1) is 12.7 Å². The Kier molecular flexibility index (Phi) is 8.78. The molecule has 12 heteroatoms. The number of halogens is 5. The van der Waals surface area contributed by atoms with Gasteiger partial charge in [-0.2, -0.15) is 13.2 Å². The first-order valence-electron chi connectivity index (χ1n) is 11.9. The highest BCUT2D eigenvalue weighted by Crippen LogP contribution is 2.42. The number of aromatic nitrogens is 1. The summed E-state index contributed by atoms with van der Waals surface area (Å²) in [6.07, 6.45) is -3.24. The molecule has 1 atom stereocenters. The molecule has 0 fully saturated rings. The van der Waals surface area contributed by atoms with Gasteiger partial charge in [-0.05, 0) is 36.8 Å². The zero-order chi connectivity index (χ0) is 29.2. The van der Waals surface area contributed by atoms with Gasteiger partial charge in [0.1, 0.15) is 35.7 Å². The normalized spacial score (nSPS) is 12.3. The van der Waals surface area contributed by atoms with Gasteiger partial charge in [-0.3, -0.25) is 7.91 Å². The minimum atomic E-state index is -4.61. The van der Waals surface area contributed by atoms with E-state index in [-0.39, 0.29) is 35.5 Å². The van der Waals surface area contributed by atoms with Crippen molar-refractivity contribution in [2.45, 2.75) is 19.1 Å². The summed E-state index contributed by atoms with van der Waals surface area (Å²) < 4.78 is 72.9. The first kappa shape index (κ1) is 29.5. The molecular formula is C28H25F4IN2O5. The van der Waals surface area contributed by atoms with Crippen molar-refractivity contribution in [2.24, 2.45) is 0 Å². The number of benzene rings is 3. The van der Waals surface area contributed by atoms with E-state index >= 15 is 0 Å². The second kappa shape index (κ2) is 11.9. The van der Waals surface area contributed by atoms with Crippen LogP contribution in [-0.2, 0) is 6.18 Å². The summed E-state index contributed by atoms with van der Waals surface area (Å²) >= 11 is 1.90. The van der Waals surface area contributed by atoms with Crippen LogP contribution in [-0.4, -0.2) is 43.3 Å². The van der Waals surface area contributed by atoms with Gasteiger partial charge in [-0.1, -0.05) is 0 Å². The number of aliphatic hydroxyl groups is 1. The number of nitrogens with zero attached hydrogens (tertiary/aromatic N) is 1. The molecule has 1 unspecified atom stereocenters. The number of hydrogen-bond donors (Lipinski definition) is 2. The molecule has 1 aromatic heterocycles. The average molecular weight is 672 g/mol. The number of rotatable bonds is 10. The van der Waals surface area contributed by atoms with E-state index in [9.17, 15) is 27.5 Å². The quantitative estimate of drug-likeness (QED) is 0.0835. The molecule has 3 aromatic carbocycles. The number of H-pyrrole nitrogens is 1. The van der Waals surface area contributed by atoms with Crippen molar-refractivity contribution in [1.29, 1.82) is 0 Å². The Morgan fingerprint density at radius 1 is 1.07 bits per heavy atom. The number of methoxy groups -OCH3 is 2. The van der Waals surface area contributed by atoms with Gasteiger partial charge in [0.25, 0.3) is 0 Å². The number of aromatic amines is 1. The molecule has 0 aliphatic heterocycles. The molecule has 0 spiro atoms. The van der Waals surface area contributed by atoms with Crippen molar-refractivity contribution in [3.8, 4) is 17.2 Å². The van der Waals surface area contributed by atoms with Crippen molar-refractivity contribution in [3.05, 3.63) is 82.8 Å². The third-order valence-electron chi connectivity index (χ3n) is 6.25. The van der Waals surface area contributed by atoms with E-state index in [0.717, 1.165) is 18.2 Å². The largest absolute Gasteiger partial charge is 0.497 e. The summed E-state index contributed by atoms with van der Waals surface area (Å²) in [5.74, 6) is -0.344. The third-order valence-corrected chi connectivity index (χ3v) is 7.37. The molecule has 0 bridgehead atoms. The standard InChI is InChI=1S/C28H25F4IN2O5/c1-15-8-16(28(30,31)32)9-22-23(14-34-25(15)22)27(37)26(21-5-4-17(29)10-24(21)39-3)35(33)18-11-19(38-2)13-20(12-18)40-7-6-36/h4-5,8-14,26,34,36H,6-7H2,1-3H3. The van der Waals surface area contributed by atoms with Gasteiger partial charge in [0.15, 0.2) is 5.78 Å². The number of aliphatic hydroxyl groups excluding tert-OH is 1. The van der Waals surface area contributed by atoms with Crippen LogP contribution in [0.25, 0.3) is 10.9 Å². The number of ether oxygens (including phenoxy) is 3. The number of carbonyl (C=O) groups excluding carboxylic acids is 1. The molecule has 212 valence electrons.